The maximum absolute atomic E-state index is 12.7. The molecule has 2 saturated heterocycles. The van der Waals surface area contributed by atoms with E-state index in [2.05, 4.69) is 15.5 Å². The van der Waals surface area contributed by atoms with Crippen LogP contribution in [0.1, 0.15) is 23.3 Å². The van der Waals surface area contributed by atoms with Gasteiger partial charge in [0, 0.05) is 24.7 Å². The normalized spacial score (nSPS) is 18.3. The molecule has 26 heavy (non-hydrogen) atoms. The summed E-state index contributed by atoms with van der Waals surface area (Å²) in [4.78, 5) is 39.3. The summed E-state index contributed by atoms with van der Waals surface area (Å²) in [5, 5.41) is 9.57. The van der Waals surface area contributed by atoms with E-state index in [4.69, 9.17) is 0 Å². The van der Waals surface area contributed by atoms with Crippen LogP contribution in [0.15, 0.2) is 36.4 Å². The monoisotopic (exact) mass is 353 g/mol. The number of carbonyl (C=O) groups is 3. The quantitative estimate of drug-likeness (QED) is 0.811. The van der Waals surface area contributed by atoms with Gasteiger partial charge in [0.05, 0.1) is 12.2 Å². The van der Waals surface area contributed by atoms with Crippen LogP contribution >= 0.6 is 0 Å². The minimum atomic E-state index is -0.333. The number of hydrogen-bond acceptors (Lipinski definition) is 4. The van der Waals surface area contributed by atoms with Crippen molar-refractivity contribution in [3.8, 4) is 11.3 Å². The number of hydrogen-bond donors (Lipinski definition) is 2. The van der Waals surface area contributed by atoms with Crippen LogP contribution in [-0.4, -0.2) is 63.5 Å². The van der Waals surface area contributed by atoms with Crippen LogP contribution in [-0.2, 0) is 4.79 Å². The van der Waals surface area contributed by atoms with E-state index in [0.717, 1.165) is 11.3 Å². The molecule has 0 bridgehead atoms. The lowest BCUT2D eigenvalue weighted by Crippen LogP contribution is -2.49. The molecule has 0 unspecified atom stereocenters. The number of rotatable bonds is 3. The Morgan fingerprint density at radius 2 is 1.85 bits per heavy atom. The number of imide groups is 1. The van der Waals surface area contributed by atoms with Crippen LogP contribution < -0.4 is 5.32 Å². The molecule has 2 N–H and O–H groups in total. The Hall–Kier alpha value is -3.16. The van der Waals surface area contributed by atoms with Crippen molar-refractivity contribution < 1.29 is 14.4 Å². The van der Waals surface area contributed by atoms with Crippen molar-refractivity contribution in [2.45, 2.75) is 18.9 Å². The molecule has 4 rings (SSSR count). The van der Waals surface area contributed by atoms with Crippen LogP contribution in [0.4, 0.5) is 4.79 Å². The van der Waals surface area contributed by atoms with E-state index >= 15 is 0 Å². The number of piperidine rings is 1. The fourth-order valence-corrected chi connectivity index (χ4v) is 3.49. The molecule has 134 valence electrons. The SMILES string of the molecule is O=C(c1cc(-c2ccccc2)n[nH]1)N1CCC(N2C(=O)CNC2=O)CC1. The zero-order chi connectivity index (χ0) is 18.1. The summed E-state index contributed by atoms with van der Waals surface area (Å²) in [6, 6.07) is 10.9. The van der Waals surface area contributed by atoms with Crippen LogP contribution in [0.3, 0.4) is 0 Å². The van der Waals surface area contributed by atoms with Gasteiger partial charge in [0.2, 0.25) is 5.91 Å². The summed E-state index contributed by atoms with van der Waals surface area (Å²) in [6.45, 7) is 1.06. The van der Waals surface area contributed by atoms with Gasteiger partial charge in [-0.15, -0.1) is 0 Å². The van der Waals surface area contributed by atoms with E-state index in [0.29, 0.717) is 31.6 Å². The van der Waals surface area contributed by atoms with E-state index in [9.17, 15) is 14.4 Å². The fourth-order valence-electron chi connectivity index (χ4n) is 3.49. The Morgan fingerprint density at radius 1 is 1.12 bits per heavy atom. The number of likely N-dealkylation sites (tertiary alicyclic amines) is 1. The Bertz CT molecular complexity index is 824. The van der Waals surface area contributed by atoms with Gasteiger partial charge in [0.1, 0.15) is 5.69 Å². The molecule has 1 aromatic heterocycles. The summed E-state index contributed by atoms with van der Waals surface area (Å²) in [6.07, 6.45) is 1.18. The lowest BCUT2D eigenvalue weighted by molar-refractivity contribution is -0.127. The molecule has 0 atom stereocenters. The van der Waals surface area contributed by atoms with Crippen LogP contribution in [0.25, 0.3) is 11.3 Å². The maximum Gasteiger partial charge on any atom is 0.324 e. The van der Waals surface area contributed by atoms with E-state index < -0.39 is 0 Å². The van der Waals surface area contributed by atoms with Gasteiger partial charge in [0.15, 0.2) is 0 Å². The smallest absolute Gasteiger partial charge is 0.324 e. The van der Waals surface area contributed by atoms with Gasteiger partial charge in [0.25, 0.3) is 5.91 Å². The van der Waals surface area contributed by atoms with Crippen molar-refractivity contribution in [2.75, 3.05) is 19.6 Å². The summed E-state index contributed by atoms with van der Waals surface area (Å²) in [5.41, 5.74) is 2.11. The number of nitrogens with zero attached hydrogens (tertiary/aromatic N) is 3. The number of urea groups is 1. The summed E-state index contributed by atoms with van der Waals surface area (Å²) >= 11 is 0. The third-order valence-corrected chi connectivity index (χ3v) is 4.87. The van der Waals surface area contributed by atoms with Gasteiger partial charge >= 0.3 is 6.03 Å². The second kappa shape index (κ2) is 6.62. The minimum absolute atomic E-state index is 0.0639. The Labute approximate surface area is 150 Å². The van der Waals surface area contributed by atoms with E-state index in [-0.39, 0.29) is 30.4 Å². The molecule has 8 nitrogen and oxygen atoms in total. The topological polar surface area (TPSA) is 98.4 Å². The summed E-state index contributed by atoms with van der Waals surface area (Å²) < 4.78 is 0. The highest BCUT2D eigenvalue weighted by Crippen LogP contribution is 2.22. The predicted octanol–water partition coefficient (Wildman–Crippen LogP) is 1.23. The van der Waals surface area contributed by atoms with Gasteiger partial charge in [-0.3, -0.25) is 19.6 Å². The van der Waals surface area contributed by atoms with E-state index in [1.807, 2.05) is 30.3 Å². The Morgan fingerprint density at radius 3 is 2.50 bits per heavy atom. The lowest BCUT2D eigenvalue weighted by atomic mass is 10.0. The van der Waals surface area contributed by atoms with Gasteiger partial charge in [-0.2, -0.15) is 5.10 Å². The van der Waals surface area contributed by atoms with Gasteiger partial charge in [-0.25, -0.2) is 4.79 Å². The molecule has 2 aromatic rings. The molecule has 0 radical (unpaired) electrons. The number of nitrogens with one attached hydrogen (secondary N) is 2. The van der Waals surface area contributed by atoms with E-state index in [1.54, 1.807) is 11.0 Å². The van der Waals surface area contributed by atoms with Crippen molar-refractivity contribution >= 4 is 17.8 Å². The molecule has 4 amide bonds. The molecule has 0 spiro atoms. The molecular weight excluding hydrogens is 334 g/mol. The van der Waals surface area contributed by atoms with Gasteiger partial charge < -0.3 is 10.2 Å². The summed E-state index contributed by atoms with van der Waals surface area (Å²) in [7, 11) is 0. The first-order valence-corrected chi connectivity index (χ1v) is 8.63. The highest BCUT2D eigenvalue weighted by Gasteiger charge is 2.37. The van der Waals surface area contributed by atoms with Crippen molar-refractivity contribution in [1.82, 2.24) is 25.3 Å². The molecule has 8 heteroatoms. The minimum Gasteiger partial charge on any atom is -0.337 e. The number of carbonyl (C=O) groups excluding carboxylic acids is 3. The lowest BCUT2D eigenvalue weighted by Gasteiger charge is -2.34. The highest BCUT2D eigenvalue weighted by atomic mass is 16.2. The van der Waals surface area contributed by atoms with Crippen molar-refractivity contribution in [2.24, 2.45) is 0 Å². The van der Waals surface area contributed by atoms with Crippen LogP contribution in [0.5, 0.6) is 0 Å². The number of benzene rings is 1. The third-order valence-electron chi connectivity index (χ3n) is 4.87. The zero-order valence-corrected chi connectivity index (χ0v) is 14.1. The highest BCUT2D eigenvalue weighted by molar-refractivity contribution is 6.02. The first-order valence-electron chi connectivity index (χ1n) is 8.63. The molecule has 2 fully saturated rings. The summed E-state index contributed by atoms with van der Waals surface area (Å²) in [5.74, 6) is -0.309. The standard InChI is InChI=1S/C18H19N5O3/c24-16-11-19-18(26)23(16)13-6-8-22(9-7-13)17(25)15-10-14(20-21-15)12-4-2-1-3-5-12/h1-5,10,13H,6-9,11H2,(H,19,26)(H,20,21). The van der Waals surface area contributed by atoms with Gasteiger partial charge in [-0.1, -0.05) is 30.3 Å². The first kappa shape index (κ1) is 16.3. The molecule has 2 aliphatic rings. The molecule has 0 saturated carbocycles. The molecular formula is C18H19N5O3. The molecule has 2 aliphatic heterocycles. The number of aromatic nitrogens is 2. The third kappa shape index (κ3) is 2.94. The average Bonchev–Trinajstić information content (AvgIpc) is 3.29. The maximum atomic E-state index is 12.7. The van der Waals surface area contributed by atoms with Crippen molar-refractivity contribution in [3.05, 3.63) is 42.1 Å². The average molecular weight is 353 g/mol. The largest absolute Gasteiger partial charge is 0.337 e. The van der Waals surface area contributed by atoms with Crippen molar-refractivity contribution in [1.29, 1.82) is 0 Å². The number of amides is 4. The van der Waals surface area contributed by atoms with Crippen molar-refractivity contribution in [3.63, 3.8) is 0 Å². The molecule has 1 aromatic carbocycles. The number of H-pyrrole nitrogens is 1. The second-order valence-corrected chi connectivity index (χ2v) is 6.48. The Kier molecular flexibility index (Phi) is 4.16. The fraction of sp³-hybridized carbons (Fsp3) is 0.333. The predicted molar refractivity (Wildman–Crippen MR) is 93.2 cm³/mol. The number of aromatic amines is 1. The molecule has 0 aliphatic carbocycles. The van der Waals surface area contributed by atoms with Gasteiger partial charge in [-0.05, 0) is 18.9 Å². The zero-order valence-electron chi connectivity index (χ0n) is 14.1. The Balaban J connectivity index is 1.40. The van der Waals surface area contributed by atoms with Crippen LogP contribution in [0.2, 0.25) is 0 Å². The first-order chi connectivity index (χ1) is 12.6. The van der Waals surface area contributed by atoms with Crippen LogP contribution in [0, 0.1) is 0 Å². The van der Waals surface area contributed by atoms with E-state index in [1.165, 1.54) is 4.90 Å². The molecule has 3 heterocycles. The second-order valence-electron chi connectivity index (χ2n) is 6.48.